The Bertz CT molecular complexity index is 410. The van der Waals surface area contributed by atoms with Gasteiger partial charge in [0.15, 0.2) is 0 Å². The number of nitrogens with one attached hydrogen (secondary N) is 1. The van der Waals surface area contributed by atoms with Crippen LogP contribution in [0.4, 0.5) is 0 Å². The normalized spacial score (nSPS) is 27.1. The van der Waals surface area contributed by atoms with Crippen molar-refractivity contribution in [1.29, 1.82) is 0 Å². The van der Waals surface area contributed by atoms with Crippen LogP contribution in [-0.4, -0.2) is 77.6 Å². The lowest BCUT2D eigenvalue weighted by atomic mass is 9.99. The Morgan fingerprint density at radius 2 is 2.00 bits per heavy atom. The van der Waals surface area contributed by atoms with Crippen molar-refractivity contribution in [2.24, 2.45) is 5.73 Å². The summed E-state index contributed by atoms with van der Waals surface area (Å²) in [4.78, 5) is 26.9. The smallest absolute Gasteiger partial charge is 0.223 e. The molecule has 7 nitrogen and oxygen atoms in total. The quantitative estimate of drug-likeness (QED) is 0.598. The van der Waals surface area contributed by atoms with Crippen molar-refractivity contribution in [3.8, 4) is 0 Å². The highest BCUT2D eigenvalue weighted by molar-refractivity contribution is 5.76. The molecule has 0 spiro atoms. The second-order valence-corrected chi connectivity index (χ2v) is 6.58. The summed E-state index contributed by atoms with van der Waals surface area (Å²) in [5.41, 5.74) is 4.60. The molecule has 0 saturated carbocycles. The van der Waals surface area contributed by atoms with E-state index in [4.69, 9.17) is 5.73 Å². The van der Waals surface area contributed by atoms with E-state index in [1.54, 1.807) is 11.8 Å². The fourth-order valence-electron chi connectivity index (χ4n) is 3.42. The number of nitrogens with two attached hydrogens (primary N) is 1. The summed E-state index contributed by atoms with van der Waals surface area (Å²) in [5, 5.41) is 13.7. The van der Waals surface area contributed by atoms with Gasteiger partial charge in [0.25, 0.3) is 0 Å². The van der Waals surface area contributed by atoms with Gasteiger partial charge in [-0.15, -0.1) is 0 Å². The summed E-state index contributed by atoms with van der Waals surface area (Å²) < 4.78 is 0. The van der Waals surface area contributed by atoms with Crippen LogP contribution in [0.5, 0.6) is 0 Å². The first-order valence-electron chi connectivity index (χ1n) is 8.11. The molecule has 0 aliphatic carbocycles. The van der Waals surface area contributed by atoms with Crippen LogP contribution >= 0.6 is 0 Å². The summed E-state index contributed by atoms with van der Waals surface area (Å²) in [6.07, 6.45) is 2.78. The van der Waals surface area contributed by atoms with E-state index in [9.17, 15) is 14.7 Å². The summed E-state index contributed by atoms with van der Waals surface area (Å²) in [5.74, 6) is 0.0460. The maximum Gasteiger partial charge on any atom is 0.223 e. The highest BCUT2D eigenvalue weighted by atomic mass is 16.3. The molecule has 2 aliphatic heterocycles. The zero-order valence-electron chi connectivity index (χ0n) is 13.4. The fourth-order valence-corrected chi connectivity index (χ4v) is 3.42. The van der Waals surface area contributed by atoms with E-state index in [-0.39, 0.29) is 17.9 Å². The van der Waals surface area contributed by atoms with Crippen molar-refractivity contribution in [3.05, 3.63) is 0 Å². The van der Waals surface area contributed by atoms with E-state index in [2.05, 4.69) is 10.2 Å². The van der Waals surface area contributed by atoms with Gasteiger partial charge in [-0.25, -0.2) is 0 Å². The lowest BCUT2D eigenvalue weighted by Gasteiger charge is -2.36. The molecule has 2 aliphatic rings. The topological polar surface area (TPSA) is 98.9 Å². The summed E-state index contributed by atoms with van der Waals surface area (Å²) in [6.45, 7) is 5.22. The van der Waals surface area contributed by atoms with Gasteiger partial charge in [-0.3, -0.25) is 9.59 Å². The molecule has 2 heterocycles. The molecule has 1 atom stereocenters. The molecule has 126 valence electrons. The number of amides is 2. The Morgan fingerprint density at radius 3 is 2.59 bits per heavy atom. The first-order valence-corrected chi connectivity index (χ1v) is 8.11. The van der Waals surface area contributed by atoms with Crippen molar-refractivity contribution in [2.45, 2.75) is 44.2 Å². The molecule has 22 heavy (non-hydrogen) atoms. The average Bonchev–Trinajstić information content (AvgIpc) is 2.83. The number of carbonyl (C=O) groups excluding carboxylic acids is 2. The van der Waals surface area contributed by atoms with Gasteiger partial charge < -0.3 is 26.0 Å². The van der Waals surface area contributed by atoms with Gasteiger partial charge in [-0.05, 0) is 19.3 Å². The van der Waals surface area contributed by atoms with Crippen LogP contribution < -0.4 is 11.1 Å². The average molecular weight is 312 g/mol. The lowest BCUT2D eigenvalue weighted by Crippen LogP contribution is -2.50. The van der Waals surface area contributed by atoms with Crippen molar-refractivity contribution in [2.75, 3.05) is 39.3 Å². The zero-order valence-corrected chi connectivity index (χ0v) is 13.4. The first-order chi connectivity index (χ1) is 10.4. The van der Waals surface area contributed by atoms with Gasteiger partial charge >= 0.3 is 0 Å². The summed E-state index contributed by atoms with van der Waals surface area (Å²) in [7, 11) is 0. The second-order valence-electron chi connectivity index (χ2n) is 6.58. The molecule has 2 fully saturated rings. The highest BCUT2D eigenvalue weighted by Gasteiger charge is 2.39. The number of likely N-dealkylation sites (tertiary alicyclic amines) is 2. The van der Waals surface area contributed by atoms with Gasteiger partial charge in [-0.2, -0.15) is 0 Å². The molecule has 0 unspecified atom stereocenters. The maximum atomic E-state index is 11.9. The van der Waals surface area contributed by atoms with Crippen LogP contribution in [0.1, 0.15) is 32.6 Å². The molecule has 0 bridgehead atoms. The van der Waals surface area contributed by atoms with Gasteiger partial charge in [0.05, 0.1) is 12.1 Å². The van der Waals surface area contributed by atoms with Crippen LogP contribution in [-0.2, 0) is 9.59 Å². The van der Waals surface area contributed by atoms with Gasteiger partial charge in [0, 0.05) is 52.1 Å². The number of rotatable bonds is 5. The number of carbonyl (C=O) groups is 2. The van der Waals surface area contributed by atoms with Crippen LogP contribution in [0.25, 0.3) is 0 Å². The fraction of sp³-hybridized carbons (Fsp3) is 0.867. The third-order valence-electron chi connectivity index (χ3n) is 4.56. The molecule has 4 N–H and O–H groups in total. The minimum Gasteiger partial charge on any atom is -0.387 e. The Morgan fingerprint density at radius 1 is 1.32 bits per heavy atom. The molecule has 7 heteroatoms. The standard InChI is InChI=1S/C15H28N4O3/c1-12(20)17-13-3-7-18(8-4-13)10-15(22)5-9-19(11-15)14(21)2-6-16/h13,22H,2-11,16H2,1H3,(H,17,20)/t15-/m1/s1. The number of piperidine rings is 1. The molecule has 2 saturated heterocycles. The van der Waals surface area contributed by atoms with E-state index < -0.39 is 5.60 Å². The maximum absolute atomic E-state index is 11.9. The van der Waals surface area contributed by atoms with Crippen LogP contribution in [0.3, 0.4) is 0 Å². The van der Waals surface area contributed by atoms with Crippen LogP contribution in [0.15, 0.2) is 0 Å². The summed E-state index contributed by atoms with van der Waals surface area (Å²) >= 11 is 0. The number of hydrogen-bond acceptors (Lipinski definition) is 5. The van der Waals surface area contributed by atoms with Crippen molar-refractivity contribution in [1.82, 2.24) is 15.1 Å². The van der Waals surface area contributed by atoms with E-state index in [0.29, 0.717) is 39.0 Å². The predicted octanol–water partition coefficient (Wildman–Crippen LogP) is -1.10. The Kier molecular flexibility index (Phi) is 5.77. The lowest BCUT2D eigenvalue weighted by molar-refractivity contribution is -0.131. The number of nitrogens with zero attached hydrogens (tertiary/aromatic N) is 2. The largest absolute Gasteiger partial charge is 0.387 e. The number of hydrogen-bond donors (Lipinski definition) is 3. The number of aliphatic hydroxyl groups is 1. The number of β-amino-alcohol motifs (C(OH)–C–C–N with tert-alkyl or cyclic N) is 1. The third-order valence-corrected chi connectivity index (χ3v) is 4.56. The van der Waals surface area contributed by atoms with E-state index in [1.165, 1.54) is 0 Å². The van der Waals surface area contributed by atoms with E-state index in [0.717, 1.165) is 25.9 Å². The van der Waals surface area contributed by atoms with Crippen molar-refractivity contribution in [3.63, 3.8) is 0 Å². The summed E-state index contributed by atoms with van der Waals surface area (Å²) in [6, 6.07) is 0.245. The van der Waals surface area contributed by atoms with Crippen molar-refractivity contribution < 1.29 is 14.7 Å². The Hall–Kier alpha value is -1.18. The van der Waals surface area contributed by atoms with Crippen molar-refractivity contribution >= 4 is 11.8 Å². The highest BCUT2D eigenvalue weighted by Crippen LogP contribution is 2.24. The van der Waals surface area contributed by atoms with Crippen LogP contribution in [0, 0.1) is 0 Å². The molecule has 0 aromatic rings. The zero-order chi connectivity index (χ0) is 16.2. The molecular formula is C15H28N4O3. The molecule has 2 amide bonds. The van der Waals surface area contributed by atoms with E-state index in [1.807, 2.05) is 0 Å². The first kappa shape index (κ1) is 17.2. The SMILES string of the molecule is CC(=O)NC1CCN(C[C@]2(O)CCN(C(=O)CCN)C2)CC1. The third kappa shape index (κ3) is 4.66. The molecule has 0 aromatic heterocycles. The predicted molar refractivity (Wildman–Crippen MR) is 83.1 cm³/mol. The molecular weight excluding hydrogens is 284 g/mol. The second kappa shape index (κ2) is 7.39. The molecule has 0 aromatic carbocycles. The minimum absolute atomic E-state index is 0.0157. The van der Waals surface area contributed by atoms with E-state index >= 15 is 0 Å². The van der Waals surface area contributed by atoms with Crippen LogP contribution in [0.2, 0.25) is 0 Å². The molecule has 0 radical (unpaired) electrons. The van der Waals surface area contributed by atoms with Gasteiger partial charge in [-0.1, -0.05) is 0 Å². The Labute approximate surface area is 131 Å². The van der Waals surface area contributed by atoms with Gasteiger partial charge in [0.2, 0.25) is 11.8 Å². The molecule has 2 rings (SSSR count). The Balaban J connectivity index is 1.77. The minimum atomic E-state index is -0.814. The monoisotopic (exact) mass is 312 g/mol. The van der Waals surface area contributed by atoms with Gasteiger partial charge in [0.1, 0.15) is 0 Å².